The number of benzene rings is 3. The summed E-state index contributed by atoms with van der Waals surface area (Å²) < 4.78 is 0. The van der Waals surface area contributed by atoms with Crippen molar-refractivity contribution in [3.8, 4) is 0 Å². The first-order valence-electron chi connectivity index (χ1n) is 8.15. The third kappa shape index (κ3) is 4.27. The van der Waals surface area contributed by atoms with Gasteiger partial charge in [0.1, 0.15) is 0 Å². The Morgan fingerprint density at radius 1 is 0.808 bits per heavy atom. The molecule has 1 amide bonds. The molecule has 5 heteroatoms. The molecule has 3 aromatic rings. The molecule has 0 aromatic heterocycles. The lowest BCUT2D eigenvalue weighted by molar-refractivity contribution is 0.0697. The Labute approximate surface area is 151 Å². The molecular weight excluding hydrogens is 328 g/mol. The molecule has 26 heavy (non-hydrogen) atoms. The minimum Gasteiger partial charge on any atom is -0.478 e. The van der Waals surface area contributed by atoms with Gasteiger partial charge in [0.2, 0.25) is 0 Å². The lowest BCUT2D eigenvalue weighted by atomic mass is 10.1. The third-order valence-corrected chi connectivity index (χ3v) is 3.88. The molecule has 0 aliphatic heterocycles. The average molecular weight is 346 g/mol. The van der Waals surface area contributed by atoms with Crippen LogP contribution in [0.4, 0.5) is 11.4 Å². The summed E-state index contributed by atoms with van der Waals surface area (Å²) in [4.78, 5) is 23.5. The van der Waals surface area contributed by atoms with Crippen LogP contribution in [0.15, 0.2) is 78.9 Å². The first kappa shape index (κ1) is 17.2. The summed E-state index contributed by atoms with van der Waals surface area (Å²) in [5.74, 6) is -1.16. The fraction of sp³-hybridized carbons (Fsp3) is 0.0476. The maximum Gasteiger partial charge on any atom is 0.337 e. The highest BCUT2D eigenvalue weighted by atomic mass is 16.4. The SMILES string of the molecule is O=C(NCc1ccccc1)c1ccc(Nc2ccccc2C(=O)O)cc1. The minimum absolute atomic E-state index is 0.161. The van der Waals surface area contributed by atoms with Gasteiger partial charge in [0.05, 0.1) is 11.3 Å². The van der Waals surface area contributed by atoms with E-state index in [2.05, 4.69) is 10.6 Å². The topological polar surface area (TPSA) is 78.4 Å². The highest BCUT2D eigenvalue weighted by Gasteiger charge is 2.10. The molecular formula is C21H18N2O3. The van der Waals surface area contributed by atoms with Gasteiger partial charge in [-0.3, -0.25) is 4.79 Å². The minimum atomic E-state index is -0.995. The summed E-state index contributed by atoms with van der Waals surface area (Å²) >= 11 is 0. The van der Waals surface area contributed by atoms with Gasteiger partial charge in [-0.05, 0) is 42.0 Å². The zero-order valence-electron chi connectivity index (χ0n) is 14.0. The van der Waals surface area contributed by atoms with Gasteiger partial charge >= 0.3 is 5.97 Å². The molecule has 0 saturated carbocycles. The fourth-order valence-corrected chi connectivity index (χ4v) is 2.52. The van der Waals surface area contributed by atoms with Crippen LogP contribution in [0.1, 0.15) is 26.3 Å². The number of carbonyl (C=O) groups is 2. The second-order valence-electron chi connectivity index (χ2n) is 5.72. The van der Waals surface area contributed by atoms with E-state index in [4.69, 9.17) is 0 Å². The van der Waals surface area contributed by atoms with Crippen molar-refractivity contribution in [2.45, 2.75) is 6.54 Å². The molecule has 0 fully saturated rings. The van der Waals surface area contributed by atoms with Gasteiger partial charge < -0.3 is 15.7 Å². The Hall–Kier alpha value is -3.60. The van der Waals surface area contributed by atoms with Crippen LogP contribution in [0.25, 0.3) is 0 Å². The second-order valence-corrected chi connectivity index (χ2v) is 5.72. The van der Waals surface area contributed by atoms with Crippen molar-refractivity contribution in [2.24, 2.45) is 0 Å². The van der Waals surface area contributed by atoms with Crippen LogP contribution in [-0.2, 0) is 6.54 Å². The van der Waals surface area contributed by atoms with E-state index < -0.39 is 5.97 Å². The summed E-state index contributed by atoms with van der Waals surface area (Å²) in [6.45, 7) is 0.464. The van der Waals surface area contributed by atoms with E-state index in [0.29, 0.717) is 23.5 Å². The predicted octanol–water partition coefficient (Wildman–Crippen LogP) is 4.06. The van der Waals surface area contributed by atoms with Crippen molar-refractivity contribution in [3.63, 3.8) is 0 Å². The predicted molar refractivity (Wildman–Crippen MR) is 101 cm³/mol. The van der Waals surface area contributed by atoms with Crippen LogP contribution in [0.2, 0.25) is 0 Å². The number of para-hydroxylation sites is 1. The van der Waals surface area contributed by atoms with E-state index in [9.17, 15) is 14.7 Å². The van der Waals surface area contributed by atoms with Crippen molar-refractivity contribution in [1.82, 2.24) is 5.32 Å². The van der Waals surface area contributed by atoms with Crippen molar-refractivity contribution >= 4 is 23.3 Å². The van der Waals surface area contributed by atoms with Crippen LogP contribution in [0.5, 0.6) is 0 Å². The number of nitrogens with one attached hydrogen (secondary N) is 2. The number of amides is 1. The quantitative estimate of drug-likeness (QED) is 0.629. The Bertz CT molecular complexity index is 906. The van der Waals surface area contributed by atoms with Crippen LogP contribution < -0.4 is 10.6 Å². The summed E-state index contributed by atoms with van der Waals surface area (Å²) in [5.41, 5.74) is 2.97. The Morgan fingerprint density at radius 2 is 1.46 bits per heavy atom. The second kappa shape index (κ2) is 7.98. The molecule has 0 radical (unpaired) electrons. The first-order valence-corrected chi connectivity index (χ1v) is 8.15. The molecule has 0 atom stereocenters. The fourth-order valence-electron chi connectivity index (χ4n) is 2.52. The number of anilines is 2. The highest BCUT2D eigenvalue weighted by molar-refractivity contribution is 5.96. The number of aromatic carboxylic acids is 1. The van der Waals surface area contributed by atoms with Gasteiger partial charge in [0, 0.05) is 17.8 Å². The van der Waals surface area contributed by atoms with Crippen molar-refractivity contribution < 1.29 is 14.7 Å². The molecule has 0 unspecified atom stereocenters. The van der Waals surface area contributed by atoms with Gasteiger partial charge in [0.25, 0.3) is 5.91 Å². The summed E-state index contributed by atoms with van der Waals surface area (Å²) in [6, 6.07) is 23.3. The molecule has 5 nitrogen and oxygen atoms in total. The van der Waals surface area contributed by atoms with Crippen molar-refractivity contribution in [2.75, 3.05) is 5.32 Å². The Kier molecular flexibility index (Phi) is 5.29. The lowest BCUT2D eigenvalue weighted by Crippen LogP contribution is -2.22. The largest absolute Gasteiger partial charge is 0.478 e. The number of hydrogen-bond acceptors (Lipinski definition) is 3. The molecule has 0 heterocycles. The van der Waals surface area contributed by atoms with Crippen molar-refractivity contribution in [1.29, 1.82) is 0 Å². The maximum atomic E-state index is 12.2. The smallest absolute Gasteiger partial charge is 0.337 e. The molecule has 3 N–H and O–H groups in total. The monoisotopic (exact) mass is 346 g/mol. The number of carboxylic acid groups (broad SMARTS) is 1. The molecule has 3 rings (SSSR count). The van der Waals surface area contributed by atoms with Crippen molar-refractivity contribution in [3.05, 3.63) is 95.6 Å². The van der Waals surface area contributed by atoms with Crippen LogP contribution in [-0.4, -0.2) is 17.0 Å². The molecule has 3 aromatic carbocycles. The highest BCUT2D eigenvalue weighted by Crippen LogP contribution is 2.21. The summed E-state index contributed by atoms with van der Waals surface area (Å²) in [5, 5.41) is 15.2. The van der Waals surface area contributed by atoms with Crippen LogP contribution >= 0.6 is 0 Å². The molecule has 0 bridgehead atoms. The number of rotatable bonds is 6. The normalized spacial score (nSPS) is 10.2. The zero-order chi connectivity index (χ0) is 18.4. The van der Waals surface area contributed by atoms with E-state index >= 15 is 0 Å². The van der Waals surface area contributed by atoms with E-state index in [-0.39, 0.29) is 11.5 Å². The first-order chi connectivity index (χ1) is 12.6. The zero-order valence-corrected chi connectivity index (χ0v) is 14.0. The van der Waals surface area contributed by atoms with E-state index in [0.717, 1.165) is 5.56 Å². The average Bonchev–Trinajstić information content (AvgIpc) is 2.68. The molecule has 0 aliphatic rings. The van der Waals surface area contributed by atoms with E-state index in [1.54, 1.807) is 42.5 Å². The van der Waals surface area contributed by atoms with Gasteiger partial charge in [-0.2, -0.15) is 0 Å². The van der Waals surface area contributed by atoms with Gasteiger partial charge in [-0.1, -0.05) is 42.5 Å². The lowest BCUT2D eigenvalue weighted by Gasteiger charge is -2.10. The van der Waals surface area contributed by atoms with Gasteiger partial charge in [-0.15, -0.1) is 0 Å². The number of carbonyl (C=O) groups excluding carboxylic acids is 1. The van der Waals surface area contributed by atoms with Gasteiger partial charge in [0.15, 0.2) is 0 Å². The van der Waals surface area contributed by atoms with Crippen LogP contribution in [0.3, 0.4) is 0 Å². The number of hydrogen-bond donors (Lipinski definition) is 3. The van der Waals surface area contributed by atoms with E-state index in [1.807, 2.05) is 30.3 Å². The Morgan fingerprint density at radius 3 is 2.15 bits per heavy atom. The molecule has 130 valence electrons. The Balaban J connectivity index is 1.65. The third-order valence-electron chi connectivity index (χ3n) is 3.88. The summed E-state index contributed by atoms with van der Waals surface area (Å²) in [7, 11) is 0. The maximum absolute atomic E-state index is 12.2. The standard InChI is InChI=1S/C21H18N2O3/c24-20(22-14-15-6-2-1-3-7-15)16-10-12-17(13-11-16)23-19-9-5-4-8-18(19)21(25)26/h1-13,23H,14H2,(H,22,24)(H,25,26). The summed E-state index contributed by atoms with van der Waals surface area (Å²) in [6.07, 6.45) is 0. The van der Waals surface area contributed by atoms with E-state index in [1.165, 1.54) is 6.07 Å². The molecule has 0 saturated heterocycles. The van der Waals surface area contributed by atoms with Crippen LogP contribution in [0, 0.1) is 0 Å². The molecule has 0 spiro atoms. The number of carboxylic acids is 1. The van der Waals surface area contributed by atoms with Gasteiger partial charge in [-0.25, -0.2) is 4.79 Å². The molecule has 0 aliphatic carbocycles.